The Hall–Kier alpha value is -2.11. The third kappa shape index (κ3) is 54.7. The van der Waals surface area contributed by atoms with Crippen LogP contribution in [-0.4, -0.2) is 37.2 Å². The molecule has 0 aromatic heterocycles. The fraction of sp³-hybridized carbons (Fsp3) is 0.885. The second-order valence-electron chi connectivity index (χ2n) is 20.3. The van der Waals surface area contributed by atoms with Crippen LogP contribution in [0.1, 0.15) is 329 Å². The molecule has 0 aromatic rings. The summed E-state index contributed by atoms with van der Waals surface area (Å²) in [5.74, 6) is -0.860. The molecule has 0 amide bonds. The minimum absolute atomic E-state index is 0.0699. The smallest absolute Gasteiger partial charge is 0.306 e. The molecule has 0 rings (SSSR count). The maximum Gasteiger partial charge on any atom is 0.306 e. The standard InChI is InChI=1S/C61H114O6/c1-4-7-10-13-16-19-22-25-28-30-32-33-36-39-42-45-48-51-54-60(63)66-57-58(56-65-59(62)53-50-47-44-41-38-35-27-24-21-18-15-12-9-6-3)67-61(64)55-52-49-46-43-40-37-34-31-29-26-23-20-17-14-11-8-5-2/h15,18,24,27,58H,4-14,16-17,19-23,25-26,28-57H2,1-3H3/b18-15-,27-24-/t58-/m1/s1. The highest BCUT2D eigenvalue weighted by atomic mass is 16.6. The number of unbranched alkanes of at least 4 members (excludes halogenated alkanes) is 40. The molecule has 0 heterocycles. The van der Waals surface area contributed by atoms with E-state index in [4.69, 9.17) is 14.2 Å². The van der Waals surface area contributed by atoms with Crippen LogP contribution in [0.4, 0.5) is 0 Å². The average molecular weight is 944 g/mol. The van der Waals surface area contributed by atoms with Gasteiger partial charge in [-0.25, -0.2) is 0 Å². The van der Waals surface area contributed by atoms with Crippen molar-refractivity contribution in [1.29, 1.82) is 0 Å². The maximum absolute atomic E-state index is 12.9. The molecule has 0 saturated carbocycles. The normalized spacial score (nSPS) is 12.1. The second-order valence-corrected chi connectivity index (χ2v) is 20.3. The molecule has 394 valence electrons. The van der Waals surface area contributed by atoms with Gasteiger partial charge >= 0.3 is 17.9 Å². The largest absolute Gasteiger partial charge is 0.462 e. The van der Waals surface area contributed by atoms with E-state index in [1.165, 1.54) is 212 Å². The summed E-state index contributed by atoms with van der Waals surface area (Å²) in [5, 5.41) is 0. The first-order valence-corrected chi connectivity index (χ1v) is 29.8. The van der Waals surface area contributed by atoms with Gasteiger partial charge in [-0.15, -0.1) is 0 Å². The van der Waals surface area contributed by atoms with E-state index in [0.29, 0.717) is 19.3 Å². The first kappa shape index (κ1) is 64.9. The number of hydrogen-bond donors (Lipinski definition) is 0. The van der Waals surface area contributed by atoms with Crippen molar-refractivity contribution in [2.24, 2.45) is 0 Å². The summed E-state index contributed by atoms with van der Waals surface area (Å²) in [5.41, 5.74) is 0. The van der Waals surface area contributed by atoms with Gasteiger partial charge in [0.15, 0.2) is 6.10 Å². The highest BCUT2D eigenvalue weighted by Gasteiger charge is 2.19. The summed E-state index contributed by atoms with van der Waals surface area (Å²) in [4.78, 5) is 38.2. The molecule has 0 aliphatic rings. The van der Waals surface area contributed by atoms with Gasteiger partial charge in [0.1, 0.15) is 13.2 Å². The monoisotopic (exact) mass is 943 g/mol. The predicted molar refractivity (Wildman–Crippen MR) is 289 cm³/mol. The second kappa shape index (κ2) is 56.5. The first-order chi connectivity index (χ1) is 33.0. The van der Waals surface area contributed by atoms with Crippen LogP contribution in [0.25, 0.3) is 0 Å². The van der Waals surface area contributed by atoms with E-state index in [1.54, 1.807) is 0 Å². The molecule has 0 saturated heterocycles. The minimum atomic E-state index is -0.772. The molecule has 6 nitrogen and oxygen atoms in total. The number of allylic oxidation sites excluding steroid dienone is 4. The molecule has 0 fully saturated rings. The number of carbonyl (C=O) groups excluding carboxylic acids is 3. The Bertz CT molecular complexity index is 1080. The van der Waals surface area contributed by atoms with Gasteiger partial charge < -0.3 is 14.2 Å². The fourth-order valence-electron chi connectivity index (χ4n) is 8.93. The van der Waals surface area contributed by atoms with Crippen molar-refractivity contribution in [2.45, 2.75) is 335 Å². The summed E-state index contributed by atoms with van der Waals surface area (Å²) >= 11 is 0. The number of hydrogen-bond acceptors (Lipinski definition) is 6. The molecule has 0 aliphatic carbocycles. The quantitative estimate of drug-likeness (QED) is 0.0262. The van der Waals surface area contributed by atoms with Crippen LogP contribution < -0.4 is 0 Å². The Labute approximate surface area is 417 Å². The van der Waals surface area contributed by atoms with Crippen molar-refractivity contribution in [1.82, 2.24) is 0 Å². The SMILES string of the molecule is CCCC/C=C\C/C=C\CCCCCCCC(=O)OC[C@H](COC(=O)CCCCCCCCCCCCCCCCCCCC)OC(=O)CCCCCCCCCCCCCCCCCCC. The Morgan fingerprint density at radius 2 is 0.552 bits per heavy atom. The molecular weight excluding hydrogens is 829 g/mol. The molecule has 0 radical (unpaired) electrons. The van der Waals surface area contributed by atoms with Crippen LogP contribution in [0, 0.1) is 0 Å². The summed E-state index contributed by atoms with van der Waals surface area (Å²) < 4.78 is 16.9. The van der Waals surface area contributed by atoms with E-state index in [0.717, 1.165) is 77.0 Å². The Morgan fingerprint density at radius 3 is 0.866 bits per heavy atom. The van der Waals surface area contributed by atoms with Gasteiger partial charge in [-0.3, -0.25) is 14.4 Å². The van der Waals surface area contributed by atoms with Gasteiger partial charge in [0.2, 0.25) is 0 Å². The lowest BCUT2D eigenvalue weighted by molar-refractivity contribution is -0.167. The van der Waals surface area contributed by atoms with Gasteiger partial charge in [0.25, 0.3) is 0 Å². The number of rotatable bonds is 55. The average Bonchev–Trinajstić information content (AvgIpc) is 3.33. The number of carbonyl (C=O) groups is 3. The van der Waals surface area contributed by atoms with Crippen LogP contribution in [0.3, 0.4) is 0 Å². The van der Waals surface area contributed by atoms with Crippen molar-refractivity contribution < 1.29 is 28.6 Å². The van der Waals surface area contributed by atoms with E-state index in [9.17, 15) is 14.4 Å². The van der Waals surface area contributed by atoms with Gasteiger partial charge in [-0.05, 0) is 44.9 Å². The Kier molecular flexibility index (Phi) is 54.7. The molecule has 0 unspecified atom stereocenters. The molecule has 67 heavy (non-hydrogen) atoms. The van der Waals surface area contributed by atoms with Crippen LogP contribution in [0.5, 0.6) is 0 Å². The third-order valence-electron chi connectivity index (χ3n) is 13.5. The molecule has 0 aromatic carbocycles. The van der Waals surface area contributed by atoms with Crippen LogP contribution in [0.15, 0.2) is 24.3 Å². The molecule has 1 atom stereocenters. The van der Waals surface area contributed by atoms with Crippen molar-refractivity contribution in [3.63, 3.8) is 0 Å². The lowest BCUT2D eigenvalue weighted by Gasteiger charge is -2.18. The molecule has 0 N–H and O–H groups in total. The van der Waals surface area contributed by atoms with E-state index in [2.05, 4.69) is 45.1 Å². The van der Waals surface area contributed by atoms with Gasteiger partial charge in [-0.1, -0.05) is 289 Å². The zero-order valence-electron chi connectivity index (χ0n) is 45.2. The summed E-state index contributed by atoms with van der Waals surface area (Å²) in [6.07, 6.45) is 66.0. The van der Waals surface area contributed by atoms with Crippen molar-refractivity contribution in [2.75, 3.05) is 13.2 Å². The topological polar surface area (TPSA) is 78.9 Å². The van der Waals surface area contributed by atoms with E-state index in [1.807, 2.05) is 0 Å². The van der Waals surface area contributed by atoms with Gasteiger partial charge in [0.05, 0.1) is 0 Å². The van der Waals surface area contributed by atoms with E-state index >= 15 is 0 Å². The molecule has 0 bridgehead atoms. The third-order valence-corrected chi connectivity index (χ3v) is 13.5. The van der Waals surface area contributed by atoms with Crippen LogP contribution in [0.2, 0.25) is 0 Å². The number of esters is 3. The predicted octanol–water partition coefficient (Wildman–Crippen LogP) is 19.9. The number of ether oxygens (including phenoxy) is 3. The van der Waals surface area contributed by atoms with E-state index in [-0.39, 0.29) is 31.1 Å². The van der Waals surface area contributed by atoms with Crippen molar-refractivity contribution in [3.05, 3.63) is 24.3 Å². The minimum Gasteiger partial charge on any atom is -0.462 e. The molecular formula is C61H114O6. The van der Waals surface area contributed by atoms with Crippen molar-refractivity contribution in [3.8, 4) is 0 Å². The Morgan fingerprint density at radius 1 is 0.299 bits per heavy atom. The van der Waals surface area contributed by atoms with Crippen molar-refractivity contribution >= 4 is 17.9 Å². The maximum atomic E-state index is 12.9. The molecule has 6 heteroatoms. The first-order valence-electron chi connectivity index (χ1n) is 29.8. The molecule has 0 aliphatic heterocycles. The summed E-state index contributed by atoms with van der Waals surface area (Å²) in [6, 6.07) is 0. The molecule has 0 spiro atoms. The van der Waals surface area contributed by atoms with Crippen LogP contribution >= 0.6 is 0 Å². The highest BCUT2D eigenvalue weighted by molar-refractivity contribution is 5.71. The van der Waals surface area contributed by atoms with E-state index < -0.39 is 6.10 Å². The summed E-state index contributed by atoms with van der Waals surface area (Å²) in [7, 11) is 0. The summed E-state index contributed by atoms with van der Waals surface area (Å²) in [6.45, 7) is 6.65. The fourth-order valence-corrected chi connectivity index (χ4v) is 8.93. The zero-order valence-corrected chi connectivity index (χ0v) is 45.2. The lowest BCUT2D eigenvalue weighted by atomic mass is 10.0. The zero-order chi connectivity index (χ0) is 48.6. The Balaban J connectivity index is 4.32. The van der Waals surface area contributed by atoms with Gasteiger partial charge in [0, 0.05) is 19.3 Å². The highest BCUT2D eigenvalue weighted by Crippen LogP contribution is 2.17. The van der Waals surface area contributed by atoms with Gasteiger partial charge in [-0.2, -0.15) is 0 Å². The lowest BCUT2D eigenvalue weighted by Crippen LogP contribution is -2.30. The van der Waals surface area contributed by atoms with Crippen LogP contribution in [-0.2, 0) is 28.6 Å².